The van der Waals surface area contributed by atoms with Crippen molar-refractivity contribution < 1.29 is 9.18 Å². The normalized spacial score (nSPS) is 10.2. The van der Waals surface area contributed by atoms with Gasteiger partial charge in [-0.1, -0.05) is 6.07 Å². The number of anilines is 2. The summed E-state index contributed by atoms with van der Waals surface area (Å²) < 4.78 is 12.8. The lowest BCUT2D eigenvalue weighted by atomic mass is 10.0. The lowest BCUT2D eigenvalue weighted by Gasteiger charge is -2.07. The minimum Gasteiger partial charge on any atom is -0.398 e. The Kier molecular flexibility index (Phi) is 2.78. The van der Waals surface area contributed by atoms with Crippen molar-refractivity contribution in [3.8, 4) is 0 Å². The molecule has 2 rings (SSSR count). The molecule has 0 bridgehead atoms. The third kappa shape index (κ3) is 2.10. The standard InChI is InChI=1S/C13H11FN2O/c14-9-6-4-8(5-7-9)13(17)12-10(15)2-1-3-11(12)16/h1-7H,15-16H2. The fourth-order valence-electron chi connectivity index (χ4n) is 1.60. The van der Waals surface area contributed by atoms with Crippen LogP contribution < -0.4 is 11.5 Å². The van der Waals surface area contributed by atoms with Crippen LogP contribution in [-0.2, 0) is 0 Å². The molecule has 0 saturated carbocycles. The minimum atomic E-state index is -0.393. The summed E-state index contributed by atoms with van der Waals surface area (Å²) in [6, 6.07) is 10.1. The predicted molar refractivity (Wildman–Crippen MR) is 65.1 cm³/mol. The number of hydrogen-bond donors (Lipinski definition) is 2. The third-order valence-corrected chi connectivity index (χ3v) is 2.46. The number of benzene rings is 2. The maximum absolute atomic E-state index is 12.8. The van der Waals surface area contributed by atoms with E-state index in [1.165, 1.54) is 24.3 Å². The molecule has 0 aromatic heterocycles. The summed E-state index contributed by atoms with van der Waals surface area (Å²) in [7, 11) is 0. The van der Waals surface area contributed by atoms with Crippen molar-refractivity contribution in [2.75, 3.05) is 11.5 Å². The van der Waals surface area contributed by atoms with Crippen LogP contribution in [0.2, 0.25) is 0 Å². The molecule has 3 nitrogen and oxygen atoms in total. The van der Waals surface area contributed by atoms with Gasteiger partial charge in [-0.2, -0.15) is 0 Å². The van der Waals surface area contributed by atoms with E-state index in [-0.39, 0.29) is 11.3 Å². The van der Waals surface area contributed by atoms with Gasteiger partial charge in [0, 0.05) is 16.9 Å². The molecule has 0 spiro atoms. The SMILES string of the molecule is Nc1cccc(N)c1C(=O)c1ccc(F)cc1. The number of rotatable bonds is 2. The van der Waals surface area contributed by atoms with Crippen molar-refractivity contribution in [1.29, 1.82) is 0 Å². The molecular weight excluding hydrogens is 219 g/mol. The highest BCUT2D eigenvalue weighted by Gasteiger charge is 2.15. The Morgan fingerprint density at radius 1 is 0.941 bits per heavy atom. The number of nitrogen functional groups attached to an aromatic ring is 2. The first kappa shape index (κ1) is 11.1. The molecule has 2 aromatic rings. The Labute approximate surface area is 97.9 Å². The summed E-state index contributed by atoms with van der Waals surface area (Å²) in [6.07, 6.45) is 0. The zero-order valence-electron chi connectivity index (χ0n) is 8.98. The highest BCUT2D eigenvalue weighted by atomic mass is 19.1. The molecular formula is C13H11FN2O. The van der Waals surface area contributed by atoms with Gasteiger partial charge in [-0.25, -0.2) is 4.39 Å². The highest BCUT2D eigenvalue weighted by Crippen LogP contribution is 2.22. The zero-order chi connectivity index (χ0) is 12.4. The van der Waals surface area contributed by atoms with E-state index in [9.17, 15) is 9.18 Å². The largest absolute Gasteiger partial charge is 0.398 e. The quantitative estimate of drug-likeness (QED) is 0.614. The molecule has 2 aromatic carbocycles. The summed E-state index contributed by atoms with van der Waals surface area (Å²) >= 11 is 0. The molecule has 0 amide bonds. The topological polar surface area (TPSA) is 69.1 Å². The van der Waals surface area contributed by atoms with Crippen molar-refractivity contribution in [2.45, 2.75) is 0 Å². The Bertz CT molecular complexity index is 544. The number of carbonyl (C=O) groups excluding carboxylic acids is 1. The summed E-state index contributed by atoms with van der Waals surface area (Å²) in [5.41, 5.74) is 12.7. The van der Waals surface area contributed by atoms with Gasteiger partial charge in [0.2, 0.25) is 0 Å². The molecule has 4 heteroatoms. The maximum atomic E-state index is 12.8. The van der Waals surface area contributed by atoms with Gasteiger partial charge >= 0.3 is 0 Å². The summed E-state index contributed by atoms with van der Waals surface area (Å²) in [5, 5.41) is 0. The fourth-order valence-corrected chi connectivity index (χ4v) is 1.60. The van der Waals surface area contributed by atoms with Crippen LogP contribution in [-0.4, -0.2) is 5.78 Å². The fraction of sp³-hybridized carbons (Fsp3) is 0. The van der Waals surface area contributed by atoms with Crippen LogP contribution in [0, 0.1) is 5.82 Å². The van der Waals surface area contributed by atoms with Crippen LogP contribution in [0.25, 0.3) is 0 Å². The second-order valence-electron chi connectivity index (χ2n) is 3.65. The average molecular weight is 230 g/mol. The molecule has 86 valence electrons. The van der Waals surface area contributed by atoms with Gasteiger partial charge < -0.3 is 11.5 Å². The average Bonchev–Trinajstić information content (AvgIpc) is 2.29. The number of halogens is 1. The van der Waals surface area contributed by atoms with E-state index >= 15 is 0 Å². The monoisotopic (exact) mass is 230 g/mol. The van der Waals surface area contributed by atoms with Crippen molar-refractivity contribution in [1.82, 2.24) is 0 Å². The van der Waals surface area contributed by atoms with E-state index < -0.39 is 5.82 Å². The highest BCUT2D eigenvalue weighted by molar-refractivity contribution is 6.15. The molecule has 0 aliphatic heterocycles. The van der Waals surface area contributed by atoms with Gasteiger partial charge in [-0.05, 0) is 36.4 Å². The molecule has 0 fully saturated rings. The van der Waals surface area contributed by atoms with Gasteiger partial charge in [0.25, 0.3) is 0 Å². The van der Waals surface area contributed by atoms with E-state index in [0.717, 1.165) is 0 Å². The van der Waals surface area contributed by atoms with Crippen LogP contribution in [0.1, 0.15) is 15.9 Å². The Balaban J connectivity index is 2.47. The van der Waals surface area contributed by atoms with E-state index in [1.54, 1.807) is 18.2 Å². The van der Waals surface area contributed by atoms with Crippen LogP contribution >= 0.6 is 0 Å². The molecule has 0 heterocycles. The lowest BCUT2D eigenvalue weighted by molar-refractivity contribution is 0.104. The van der Waals surface area contributed by atoms with E-state index in [0.29, 0.717) is 16.9 Å². The molecule has 0 aliphatic rings. The molecule has 0 radical (unpaired) electrons. The zero-order valence-corrected chi connectivity index (χ0v) is 8.98. The molecule has 0 unspecified atom stereocenters. The third-order valence-electron chi connectivity index (χ3n) is 2.46. The molecule has 0 aliphatic carbocycles. The molecule has 0 saturated heterocycles. The van der Waals surface area contributed by atoms with Gasteiger partial charge in [-0.15, -0.1) is 0 Å². The second-order valence-corrected chi connectivity index (χ2v) is 3.65. The summed E-state index contributed by atoms with van der Waals surface area (Å²) in [4.78, 5) is 12.1. The van der Waals surface area contributed by atoms with Crippen molar-refractivity contribution in [3.05, 3.63) is 59.4 Å². The van der Waals surface area contributed by atoms with Gasteiger partial charge in [-0.3, -0.25) is 4.79 Å². The number of carbonyl (C=O) groups is 1. The van der Waals surface area contributed by atoms with Crippen molar-refractivity contribution >= 4 is 17.2 Å². The number of hydrogen-bond acceptors (Lipinski definition) is 3. The second kappa shape index (κ2) is 4.25. The van der Waals surface area contributed by atoms with E-state index in [2.05, 4.69) is 0 Å². The van der Waals surface area contributed by atoms with Gasteiger partial charge in [0.15, 0.2) is 5.78 Å². The van der Waals surface area contributed by atoms with Gasteiger partial charge in [0.05, 0.1) is 5.56 Å². The van der Waals surface area contributed by atoms with Crippen molar-refractivity contribution in [3.63, 3.8) is 0 Å². The van der Waals surface area contributed by atoms with Crippen LogP contribution in [0.4, 0.5) is 15.8 Å². The minimum absolute atomic E-state index is 0.263. The van der Waals surface area contributed by atoms with E-state index in [4.69, 9.17) is 11.5 Å². The van der Waals surface area contributed by atoms with Crippen LogP contribution in [0.15, 0.2) is 42.5 Å². The predicted octanol–water partition coefficient (Wildman–Crippen LogP) is 2.22. The Hall–Kier alpha value is -2.36. The Morgan fingerprint density at radius 2 is 1.47 bits per heavy atom. The molecule has 17 heavy (non-hydrogen) atoms. The van der Waals surface area contributed by atoms with Gasteiger partial charge in [0.1, 0.15) is 5.82 Å². The lowest BCUT2D eigenvalue weighted by Crippen LogP contribution is -2.08. The van der Waals surface area contributed by atoms with E-state index in [1.807, 2.05) is 0 Å². The first-order valence-corrected chi connectivity index (χ1v) is 5.04. The van der Waals surface area contributed by atoms with Crippen molar-refractivity contribution in [2.24, 2.45) is 0 Å². The number of nitrogens with two attached hydrogens (primary N) is 2. The molecule has 4 N–H and O–H groups in total. The van der Waals surface area contributed by atoms with Crippen LogP contribution in [0.5, 0.6) is 0 Å². The summed E-state index contributed by atoms with van der Waals surface area (Å²) in [6.45, 7) is 0. The van der Waals surface area contributed by atoms with Crippen LogP contribution in [0.3, 0.4) is 0 Å². The molecule has 0 atom stereocenters. The first-order chi connectivity index (χ1) is 8.09. The Morgan fingerprint density at radius 3 is 2.00 bits per heavy atom. The summed E-state index contributed by atoms with van der Waals surface area (Å²) in [5.74, 6) is -0.698. The maximum Gasteiger partial charge on any atom is 0.197 e. The first-order valence-electron chi connectivity index (χ1n) is 5.04. The number of ketones is 1. The smallest absolute Gasteiger partial charge is 0.197 e.